The molecule has 0 aliphatic carbocycles. The van der Waals surface area contributed by atoms with Crippen molar-refractivity contribution in [2.45, 2.75) is 6.36 Å². The van der Waals surface area contributed by atoms with E-state index in [1.54, 1.807) is 30.3 Å². The highest BCUT2D eigenvalue weighted by atomic mass is 35.5. The Hall–Kier alpha value is -2.47. The molecule has 2 rings (SSSR count). The molecule has 120 valence electrons. The number of alkyl halides is 3. The molecule has 23 heavy (non-hydrogen) atoms. The molecular weight excluding hydrogens is 331 g/mol. The first kappa shape index (κ1) is 16.9. The topological polar surface area (TPSA) is 38.3 Å². The van der Waals surface area contributed by atoms with E-state index in [9.17, 15) is 18.0 Å². The third-order valence-electron chi connectivity index (χ3n) is 2.67. The summed E-state index contributed by atoms with van der Waals surface area (Å²) in [6.07, 6.45) is -1.93. The van der Waals surface area contributed by atoms with E-state index in [2.05, 4.69) is 10.1 Å². The first-order valence-corrected chi connectivity index (χ1v) is 6.81. The fraction of sp³-hybridized carbons (Fsp3) is 0.0625. The van der Waals surface area contributed by atoms with Gasteiger partial charge in [0, 0.05) is 16.8 Å². The van der Waals surface area contributed by atoms with Gasteiger partial charge in [0.15, 0.2) is 0 Å². The normalized spacial score (nSPS) is 11.5. The van der Waals surface area contributed by atoms with Crippen LogP contribution in [-0.4, -0.2) is 12.3 Å². The quantitative estimate of drug-likeness (QED) is 0.804. The fourth-order valence-electron chi connectivity index (χ4n) is 1.70. The highest BCUT2D eigenvalue weighted by Crippen LogP contribution is 2.24. The van der Waals surface area contributed by atoms with E-state index in [0.717, 1.165) is 12.1 Å². The average molecular weight is 342 g/mol. The van der Waals surface area contributed by atoms with Crippen molar-refractivity contribution in [3.05, 3.63) is 65.2 Å². The standard InChI is InChI=1S/C16H11ClF3NO2/c17-14-4-2-1-3-11(14)5-10-15(22)21-12-6-8-13(9-7-12)23-16(18,19)20/h1-10H,(H,21,22)/b10-5+. The maximum atomic E-state index is 12.0. The van der Waals surface area contributed by atoms with Crippen molar-refractivity contribution in [2.24, 2.45) is 0 Å². The molecule has 1 amide bonds. The van der Waals surface area contributed by atoms with Crippen molar-refractivity contribution in [2.75, 3.05) is 5.32 Å². The van der Waals surface area contributed by atoms with Gasteiger partial charge >= 0.3 is 6.36 Å². The number of benzene rings is 2. The zero-order valence-corrected chi connectivity index (χ0v) is 12.4. The molecule has 0 spiro atoms. The molecule has 0 fully saturated rings. The van der Waals surface area contributed by atoms with E-state index < -0.39 is 12.3 Å². The molecule has 0 aliphatic rings. The molecule has 0 unspecified atom stereocenters. The van der Waals surface area contributed by atoms with Gasteiger partial charge in [-0.05, 0) is 42.0 Å². The third-order valence-corrected chi connectivity index (χ3v) is 3.02. The predicted molar refractivity (Wildman–Crippen MR) is 82.2 cm³/mol. The van der Waals surface area contributed by atoms with Crippen LogP contribution in [0.2, 0.25) is 5.02 Å². The summed E-state index contributed by atoms with van der Waals surface area (Å²) in [7, 11) is 0. The molecule has 0 saturated carbocycles. The summed E-state index contributed by atoms with van der Waals surface area (Å²) in [6, 6.07) is 11.8. The van der Waals surface area contributed by atoms with Gasteiger partial charge in [0.25, 0.3) is 0 Å². The minimum atomic E-state index is -4.75. The molecule has 0 bridgehead atoms. The lowest BCUT2D eigenvalue weighted by Crippen LogP contribution is -2.17. The molecule has 2 aromatic carbocycles. The molecule has 3 nitrogen and oxygen atoms in total. The van der Waals surface area contributed by atoms with Crippen LogP contribution in [-0.2, 0) is 4.79 Å². The number of nitrogens with one attached hydrogen (secondary N) is 1. The van der Waals surface area contributed by atoms with Crippen molar-refractivity contribution >= 4 is 29.3 Å². The van der Waals surface area contributed by atoms with Gasteiger partial charge in [-0.25, -0.2) is 0 Å². The van der Waals surface area contributed by atoms with Crippen LogP contribution in [0.25, 0.3) is 6.08 Å². The van der Waals surface area contributed by atoms with E-state index in [1.165, 1.54) is 18.2 Å². The van der Waals surface area contributed by atoms with Gasteiger partial charge < -0.3 is 10.1 Å². The summed E-state index contributed by atoms with van der Waals surface area (Å²) in [5.41, 5.74) is 1.02. The summed E-state index contributed by atoms with van der Waals surface area (Å²) in [6.45, 7) is 0. The number of carbonyl (C=O) groups excluding carboxylic acids is 1. The second kappa shape index (κ2) is 7.19. The molecule has 1 N–H and O–H groups in total. The third kappa shape index (κ3) is 5.67. The van der Waals surface area contributed by atoms with Gasteiger partial charge in [0.1, 0.15) is 5.75 Å². The first-order chi connectivity index (χ1) is 10.8. The highest BCUT2D eigenvalue weighted by molar-refractivity contribution is 6.32. The van der Waals surface area contributed by atoms with E-state index in [-0.39, 0.29) is 5.75 Å². The Morgan fingerprint density at radius 1 is 1.09 bits per heavy atom. The molecule has 0 heterocycles. The molecular formula is C16H11ClF3NO2. The maximum Gasteiger partial charge on any atom is 0.573 e. The monoisotopic (exact) mass is 341 g/mol. The number of anilines is 1. The van der Waals surface area contributed by atoms with Crippen LogP contribution in [0.4, 0.5) is 18.9 Å². The van der Waals surface area contributed by atoms with E-state index in [0.29, 0.717) is 16.3 Å². The first-order valence-electron chi connectivity index (χ1n) is 6.43. The van der Waals surface area contributed by atoms with E-state index in [4.69, 9.17) is 11.6 Å². The molecule has 2 aromatic rings. The van der Waals surface area contributed by atoms with Crippen LogP contribution in [0, 0.1) is 0 Å². The number of hydrogen-bond acceptors (Lipinski definition) is 2. The molecule has 0 atom stereocenters. The van der Waals surface area contributed by atoms with Crippen LogP contribution in [0.5, 0.6) is 5.75 Å². The highest BCUT2D eigenvalue weighted by Gasteiger charge is 2.30. The van der Waals surface area contributed by atoms with Crippen molar-refractivity contribution in [1.29, 1.82) is 0 Å². The minimum Gasteiger partial charge on any atom is -0.406 e. The largest absolute Gasteiger partial charge is 0.573 e. The second-order valence-corrected chi connectivity index (χ2v) is 4.82. The van der Waals surface area contributed by atoms with Gasteiger partial charge in [0.05, 0.1) is 0 Å². The number of hydrogen-bond donors (Lipinski definition) is 1. The number of amides is 1. The Morgan fingerprint density at radius 2 is 1.74 bits per heavy atom. The lowest BCUT2D eigenvalue weighted by Gasteiger charge is -2.09. The molecule has 0 saturated heterocycles. The van der Waals surface area contributed by atoms with Gasteiger partial charge in [-0.3, -0.25) is 4.79 Å². The number of rotatable bonds is 4. The fourth-order valence-corrected chi connectivity index (χ4v) is 1.90. The Balaban J connectivity index is 1.97. The molecule has 0 aliphatic heterocycles. The SMILES string of the molecule is O=C(/C=C/c1ccccc1Cl)Nc1ccc(OC(F)(F)F)cc1. The van der Waals surface area contributed by atoms with Crippen LogP contribution in [0.3, 0.4) is 0 Å². The summed E-state index contributed by atoms with van der Waals surface area (Å²) in [5, 5.41) is 3.02. The lowest BCUT2D eigenvalue weighted by atomic mass is 10.2. The zero-order chi connectivity index (χ0) is 16.9. The van der Waals surface area contributed by atoms with Crippen molar-refractivity contribution in [3.8, 4) is 5.75 Å². The molecule has 0 aromatic heterocycles. The average Bonchev–Trinajstić information content (AvgIpc) is 2.47. The lowest BCUT2D eigenvalue weighted by molar-refractivity contribution is -0.274. The summed E-state index contributed by atoms with van der Waals surface area (Å²) >= 11 is 5.95. The van der Waals surface area contributed by atoms with Crippen molar-refractivity contribution in [3.63, 3.8) is 0 Å². The van der Waals surface area contributed by atoms with E-state index >= 15 is 0 Å². The Kier molecular flexibility index (Phi) is 5.28. The number of ether oxygens (including phenoxy) is 1. The van der Waals surface area contributed by atoms with Gasteiger partial charge in [-0.2, -0.15) is 0 Å². The van der Waals surface area contributed by atoms with Gasteiger partial charge in [-0.1, -0.05) is 29.8 Å². The zero-order valence-electron chi connectivity index (χ0n) is 11.6. The van der Waals surface area contributed by atoms with Crippen molar-refractivity contribution in [1.82, 2.24) is 0 Å². The Bertz CT molecular complexity index is 712. The Morgan fingerprint density at radius 3 is 2.35 bits per heavy atom. The summed E-state index contributed by atoms with van der Waals surface area (Å²) in [4.78, 5) is 11.8. The van der Waals surface area contributed by atoms with Gasteiger partial charge in [0.2, 0.25) is 5.91 Å². The number of carbonyl (C=O) groups is 1. The smallest absolute Gasteiger partial charge is 0.406 e. The Labute approximate surface area is 135 Å². The summed E-state index contributed by atoms with van der Waals surface area (Å²) < 4.78 is 39.8. The predicted octanol–water partition coefficient (Wildman–Crippen LogP) is 4.89. The second-order valence-electron chi connectivity index (χ2n) is 4.42. The maximum absolute atomic E-state index is 12.0. The molecule has 0 radical (unpaired) electrons. The van der Waals surface area contributed by atoms with E-state index in [1.807, 2.05) is 0 Å². The van der Waals surface area contributed by atoms with Crippen LogP contribution in [0.15, 0.2) is 54.6 Å². The number of halogens is 4. The minimum absolute atomic E-state index is 0.341. The van der Waals surface area contributed by atoms with Crippen LogP contribution < -0.4 is 10.1 Å². The molecule has 7 heteroatoms. The van der Waals surface area contributed by atoms with Crippen LogP contribution >= 0.6 is 11.6 Å². The summed E-state index contributed by atoms with van der Waals surface area (Å²) in [5.74, 6) is -0.795. The van der Waals surface area contributed by atoms with Crippen molar-refractivity contribution < 1.29 is 22.7 Å². The van der Waals surface area contributed by atoms with Gasteiger partial charge in [-0.15, -0.1) is 13.2 Å². The van der Waals surface area contributed by atoms with Crippen LogP contribution in [0.1, 0.15) is 5.56 Å².